The SMILES string of the molecule is C[C@@H](OC(=O)[C@@H]1CCCO1)C(=O)Nc1ccc(SC(F)F)cc1. The molecule has 8 heteroatoms. The van der Waals surface area contributed by atoms with E-state index in [4.69, 9.17) is 9.47 Å². The fourth-order valence-corrected chi connectivity index (χ4v) is 2.53. The first-order valence-corrected chi connectivity index (χ1v) is 8.01. The van der Waals surface area contributed by atoms with Gasteiger partial charge < -0.3 is 14.8 Å². The second kappa shape index (κ2) is 8.26. The van der Waals surface area contributed by atoms with Gasteiger partial charge in [0.2, 0.25) is 0 Å². The molecular weight excluding hydrogens is 328 g/mol. The van der Waals surface area contributed by atoms with Gasteiger partial charge in [0.25, 0.3) is 11.7 Å². The molecule has 0 saturated carbocycles. The van der Waals surface area contributed by atoms with Crippen LogP contribution in [0.3, 0.4) is 0 Å². The minimum atomic E-state index is -2.49. The number of nitrogens with one attached hydrogen (secondary N) is 1. The number of hydrogen-bond acceptors (Lipinski definition) is 5. The first kappa shape index (κ1) is 17.7. The third kappa shape index (κ3) is 5.47. The number of carbonyl (C=O) groups is 2. The van der Waals surface area contributed by atoms with Crippen LogP contribution in [0.4, 0.5) is 14.5 Å². The summed E-state index contributed by atoms with van der Waals surface area (Å²) in [7, 11) is 0. The standard InChI is InChI=1S/C15H17F2NO4S/c1-9(22-14(20)12-3-2-8-21-12)13(19)18-10-4-6-11(7-5-10)23-15(16)17/h4-7,9,12,15H,2-3,8H2,1H3,(H,18,19)/t9-,12+/m1/s1. The van der Waals surface area contributed by atoms with Gasteiger partial charge in [0.1, 0.15) is 0 Å². The van der Waals surface area contributed by atoms with E-state index in [2.05, 4.69) is 5.32 Å². The van der Waals surface area contributed by atoms with Gasteiger partial charge in [0, 0.05) is 17.2 Å². The number of amides is 1. The Morgan fingerprint density at radius 1 is 1.35 bits per heavy atom. The normalized spacial score (nSPS) is 18.7. The molecule has 1 fully saturated rings. The summed E-state index contributed by atoms with van der Waals surface area (Å²) in [6.07, 6.45) is -0.183. The van der Waals surface area contributed by atoms with Gasteiger partial charge in [-0.2, -0.15) is 8.78 Å². The lowest BCUT2D eigenvalue weighted by Crippen LogP contribution is -2.33. The van der Waals surface area contributed by atoms with Crippen molar-refractivity contribution in [1.82, 2.24) is 0 Å². The molecule has 0 spiro atoms. The predicted molar refractivity (Wildman–Crippen MR) is 81.5 cm³/mol. The molecule has 0 aromatic heterocycles. The average molecular weight is 345 g/mol. The maximum atomic E-state index is 12.2. The Morgan fingerprint density at radius 2 is 2.04 bits per heavy atom. The van der Waals surface area contributed by atoms with E-state index < -0.39 is 29.8 Å². The predicted octanol–water partition coefficient (Wildman–Crippen LogP) is 3.05. The van der Waals surface area contributed by atoms with E-state index >= 15 is 0 Å². The summed E-state index contributed by atoms with van der Waals surface area (Å²) in [5, 5.41) is 2.56. The average Bonchev–Trinajstić information content (AvgIpc) is 3.03. The van der Waals surface area contributed by atoms with E-state index in [0.29, 0.717) is 35.4 Å². The van der Waals surface area contributed by atoms with E-state index in [9.17, 15) is 18.4 Å². The van der Waals surface area contributed by atoms with E-state index in [1.807, 2.05) is 0 Å². The molecule has 1 aliphatic rings. The molecule has 0 aliphatic carbocycles. The summed E-state index contributed by atoms with van der Waals surface area (Å²) in [6, 6.07) is 5.99. The maximum absolute atomic E-state index is 12.2. The number of thioether (sulfide) groups is 1. The lowest BCUT2D eigenvalue weighted by molar-refractivity contribution is -0.162. The van der Waals surface area contributed by atoms with E-state index in [1.165, 1.54) is 31.2 Å². The van der Waals surface area contributed by atoms with Crippen molar-refractivity contribution in [3.8, 4) is 0 Å². The molecule has 1 aromatic rings. The molecule has 1 saturated heterocycles. The molecule has 1 heterocycles. The second-order valence-electron chi connectivity index (χ2n) is 4.97. The van der Waals surface area contributed by atoms with Crippen LogP contribution in [0.5, 0.6) is 0 Å². The minimum Gasteiger partial charge on any atom is -0.451 e. The van der Waals surface area contributed by atoms with E-state index in [1.54, 1.807) is 0 Å². The van der Waals surface area contributed by atoms with Crippen LogP contribution in [0.1, 0.15) is 19.8 Å². The van der Waals surface area contributed by atoms with E-state index in [0.717, 1.165) is 6.42 Å². The van der Waals surface area contributed by atoms with E-state index in [-0.39, 0.29) is 0 Å². The smallest absolute Gasteiger partial charge is 0.336 e. The Kier molecular flexibility index (Phi) is 6.35. The fraction of sp³-hybridized carbons (Fsp3) is 0.467. The quantitative estimate of drug-likeness (QED) is 0.634. The van der Waals surface area contributed by atoms with Gasteiger partial charge in [0.05, 0.1) is 0 Å². The zero-order valence-corrected chi connectivity index (χ0v) is 13.3. The Labute approximate surface area is 136 Å². The lowest BCUT2D eigenvalue weighted by Gasteiger charge is -2.16. The summed E-state index contributed by atoms with van der Waals surface area (Å²) >= 11 is 0.426. The van der Waals surface area contributed by atoms with Crippen LogP contribution in [-0.2, 0) is 19.1 Å². The molecule has 1 aromatic carbocycles. The van der Waals surface area contributed by atoms with Crippen LogP contribution >= 0.6 is 11.8 Å². The topological polar surface area (TPSA) is 64.6 Å². The van der Waals surface area contributed by atoms with Crippen LogP contribution in [0.2, 0.25) is 0 Å². The molecule has 1 aliphatic heterocycles. The number of halogens is 2. The Morgan fingerprint density at radius 3 is 2.61 bits per heavy atom. The zero-order chi connectivity index (χ0) is 16.8. The van der Waals surface area contributed by atoms with Gasteiger partial charge in [-0.05, 0) is 44.0 Å². The molecule has 0 radical (unpaired) electrons. The van der Waals surface area contributed by atoms with Crippen molar-refractivity contribution in [2.75, 3.05) is 11.9 Å². The Bertz CT molecular complexity index is 547. The molecule has 5 nitrogen and oxygen atoms in total. The van der Waals surface area contributed by atoms with Crippen molar-refractivity contribution >= 4 is 29.3 Å². The first-order valence-electron chi connectivity index (χ1n) is 7.13. The van der Waals surface area contributed by atoms with Crippen LogP contribution in [0, 0.1) is 0 Å². The molecule has 1 N–H and O–H groups in total. The van der Waals surface area contributed by atoms with Crippen molar-refractivity contribution in [2.24, 2.45) is 0 Å². The summed E-state index contributed by atoms with van der Waals surface area (Å²) < 4.78 is 34.7. The van der Waals surface area contributed by atoms with Crippen molar-refractivity contribution < 1.29 is 27.8 Å². The van der Waals surface area contributed by atoms with Gasteiger partial charge in [-0.3, -0.25) is 4.79 Å². The number of benzene rings is 1. The van der Waals surface area contributed by atoms with Crippen LogP contribution in [0.25, 0.3) is 0 Å². The van der Waals surface area contributed by atoms with Crippen molar-refractivity contribution in [1.29, 1.82) is 0 Å². The van der Waals surface area contributed by atoms with Crippen LogP contribution in [-0.4, -0.2) is 36.4 Å². The molecule has 2 rings (SSSR count). The van der Waals surface area contributed by atoms with Crippen LogP contribution in [0.15, 0.2) is 29.2 Å². The highest BCUT2D eigenvalue weighted by atomic mass is 32.2. The van der Waals surface area contributed by atoms with Gasteiger partial charge in [0.15, 0.2) is 12.2 Å². The lowest BCUT2D eigenvalue weighted by atomic mass is 10.2. The second-order valence-corrected chi connectivity index (χ2v) is 6.04. The largest absolute Gasteiger partial charge is 0.451 e. The third-order valence-corrected chi connectivity index (χ3v) is 3.92. The number of anilines is 1. The van der Waals surface area contributed by atoms with Gasteiger partial charge in [-0.15, -0.1) is 0 Å². The van der Waals surface area contributed by atoms with Crippen molar-refractivity contribution in [3.05, 3.63) is 24.3 Å². The highest BCUT2D eigenvalue weighted by Crippen LogP contribution is 2.26. The fourth-order valence-electron chi connectivity index (χ4n) is 2.03. The maximum Gasteiger partial charge on any atom is 0.336 e. The summed E-state index contributed by atoms with van der Waals surface area (Å²) in [5.41, 5.74) is 0.439. The van der Waals surface area contributed by atoms with Gasteiger partial charge >= 0.3 is 5.97 Å². The Hall–Kier alpha value is -1.67. The number of alkyl halides is 2. The summed E-state index contributed by atoms with van der Waals surface area (Å²) in [4.78, 5) is 24.1. The molecule has 1 amide bonds. The monoisotopic (exact) mass is 345 g/mol. The highest BCUT2D eigenvalue weighted by Gasteiger charge is 2.28. The van der Waals surface area contributed by atoms with Crippen molar-refractivity contribution in [3.63, 3.8) is 0 Å². The molecule has 23 heavy (non-hydrogen) atoms. The zero-order valence-electron chi connectivity index (χ0n) is 12.5. The van der Waals surface area contributed by atoms with Gasteiger partial charge in [-0.25, -0.2) is 4.79 Å². The minimum absolute atomic E-state index is 0.399. The van der Waals surface area contributed by atoms with Crippen LogP contribution < -0.4 is 5.32 Å². The number of carbonyl (C=O) groups excluding carboxylic acids is 2. The Balaban J connectivity index is 1.84. The molecule has 0 bridgehead atoms. The van der Waals surface area contributed by atoms with Crippen molar-refractivity contribution in [2.45, 2.75) is 42.6 Å². The number of esters is 1. The first-order chi connectivity index (χ1) is 11.0. The van der Waals surface area contributed by atoms with Gasteiger partial charge in [-0.1, -0.05) is 11.8 Å². The molecule has 0 unspecified atom stereocenters. The number of rotatable bonds is 6. The summed E-state index contributed by atoms with van der Waals surface area (Å²) in [6.45, 7) is 1.98. The number of hydrogen-bond donors (Lipinski definition) is 1. The molecule has 126 valence electrons. The molecule has 2 atom stereocenters. The summed E-state index contributed by atoms with van der Waals surface area (Å²) in [5.74, 6) is -3.54. The third-order valence-electron chi connectivity index (χ3n) is 3.20. The number of ether oxygens (including phenoxy) is 2. The molecular formula is C15H17F2NO4S. The highest BCUT2D eigenvalue weighted by molar-refractivity contribution is 7.99.